The molecule has 0 aliphatic rings. The van der Waals surface area contributed by atoms with Crippen molar-refractivity contribution in [1.82, 2.24) is 0 Å². The van der Waals surface area contributed by atoms with E-state index < -0.39 is 0 Å². The molecule has 0 heterocycles. The van der Waals surface area contributed by atoms with Crippen LogP contribution >= 0.6 is 0 Å². The molecule has 0 rings (SSSR count). The summed E-state index contributed by atoms with van der Waals surface area (Å²) in [4.78, 5) is 0. The highest BCUT2D eigenvalue weighted by Gasteiger charge is 1.82. The quantitative estimate of drug-likeness (QED) is 0.445. The first-order valence-corrected chi connectivity index (χ1v) is 8.80. The van der Waals surface area contributed by atoms with Crippen LogP contribution in [0, 0.1) is 0 Å². The van der Waals surface area contributed by atoms with E-state index in [0.717, 1.165) is 19.3 Å². The molecule has 0 unspecified atom stereocenters. The molecular weight excluding hydrogens is 264 g/mol. The summed E-state index contributed by atoms with van der Waals surface area (Å²) in [7, 11) is 0. The van der Waals surface area contributed by atoms with Crippen LogP contribution in [-0.2, 0) is 0 Å². The van der Waals surface area contributed by atoms with Gasteiger partial charge < -0.3 is 0 Å². The molecule has 0 aliphatic carbocycles. The summed E-state index contributed by atoms with van der Waals surface area (Å²) in [6.07, 6.45) is 10.1. The van der Waals surface area contributed by atoms with Gasteiger partial charge >= 0.3 is 0 Å². The molecule has 0 aromatic carbocycles. The van der Waals surface area contributed by atoms with Crippen LogP contribution in [0.2, 0.25) is 0 Å². The molecule has 0 spiro atoms. The molecule has 22 heavy (non-hydrogen) atoms. The van der Waals surface area contributed by atoms with Crippen LogP contribution in [0.1, 0.15) is 95.4 Å². The van der Waals surface area contributed by atoms with Crippen LogP contribution in [-0.4, -0.2) is 0 Å². The van der Waals surface area contributed by atoms with Gasteiger partial charge in [0, 0.05) is 0 Å². The van der Waals surface area contributed by atoms with Crippen molar-refractivity contribution >= 4 is 0 Å². The minimum atomic E-state index is 1.09. The fourth-order valence-corrected chi connectivity index (χ4v) is 1.14. The average Bonchev–Trinajstić information content (AvgIpc) is 2.42. The summed E-state index contributed by atoms with van der Waals surface area (Å²) in [5, 5.41) is 0. The minimum absolute atomic E-state index is 1.09. The lowest BCUT2D eigenvalue weighted by Crippen LogP contribution is -1.72. The third-order valence-corrected chi connectivity index (χ3v) is 2.18. The van der Waals surface area contributed by atoms with E-state index >= 15 is 0 Å². The molecule has 0 atom stereocenters. The zero-order valence-corrected chi connectivity index (χ0v) is 17.6. The maximum atomic E-state index is 3.82. The normalized spacial score (nSPS) is 7.59. The summed E-state index contributed by atoms with van der Waals surface area (Å²) in [6, 6.07) is 0. The maximum absolute atomic E-state index is 3.82. The van der Waals surface area contributed by atoms with Crippen molar-refractivity contribution in [3.8, 4) is 0 Å². The van der Waals surface area contributed by atoms with Gasteiger partial charge in [-0.15, -0.1) is 6.58 Å². The second-order valence-corrected chi connectivity index (χ2v) is 5.58. The zero-order valence-electron chi connectivity index (χ0n) is 17.6. The summed E-state index contributed by atoms with van der Waals surface area (Å²) in [5.74, 6) is 0. The van der Waals surface area contributed by atoms with Gasteiger partial charge in [-0.25, -0.2) is 0 Å². The van der Waals surface area contributed by atoms with E-state index in [-0.39, 0.29) is 0 Å². The van der Waals surface area contributed by atoms with Crippen molar-refractivity contribution in [3.63, 3.8) is 0 Å². The first kappa shape index (κ1) is 29.0. The minimum Gasteiger partial charge on any atom is -0.100 e. The maximum Gasteiger partial charge on any atom is -0.0164 e. The highest BCUT2D eigenvalue weighted by molar-refractivity contribution is 5.02. The van der Waals surface area contributed by atoms with Gasteiger partial charge in [-0.2, -0.15) is 0 Å². The Labute approximate surface area is 143 Å². The number of allylic oxidation sites excluding steroid dienone is 7. The summed E-state index contributed by atoms with van der Waals surface area (Å²) < 4.78 is 0. The van der Waals surface area contributed by atoms with Crippen molar-refractivity contribution in [1.29, 1.82) is 0 Å². The van der Waals surface area contributed by atoms with Crippen LogP contribution in [0.25, 0.3) is 0 Å². The Balaban J connectivity index is -0.000000120. The van der Waals surface area contributed by atoms with Gasteiger partial charge in [-0.05, 0) is 67.7 Å². The number of rotatable bonds is 5. The topological polar surface area (TPSA) is 0 Å². The van der Waals surface area contributed by atoms with Gasteiger partial charge in [0.05, 0.1) is 0 Å². The largest absolute Gasteiger partial charge is 0.100 e. The van der Waals surface area contributed by atoms with E-state index in [1.54, 1.807) is 0 Å². The summed E-state index contributed by atoms with van der Waals surface area (Å²) >= 11 is 0. The second-order valence-electron chi connectivity index (χ2n) is 5.58. The standard InChI is InChI=1S/2C9H16.2C2H6/c2*1-8(2)6-5-7-9(3)4;2*1-2/h6-7H,5H2,1-4H3;7H,1,5-6H2,2-4H3;2*1-2H3. The fourth-order valence-electron chi connectivity index (χ4n) is 1.14. The van der Waals surface area contributed by atoms with Crippen LogP contribution in [0.15, 0.2) is 47.1 Å². The lowest BCUT2D eigenvalue weighted by atomic mass is 10.1. The van der Waals surface area contributed by atoms with E-state index in [0.29, 0.717) is 0 Å². The molecule has 0 heteroatoms. The van der Waals surface area contributed by atoms with Crippen molar-refractivity contribution in [2.45, 2.75) is 95.4 Å². The van der Waals surface area contributed by atoms with Gasteiger partial charge in [0.15, 0.2) is 0 Å². The van der Waals surface area contributed by atoms with Crippen molar-refractivity contribution in [2.75, 3.05) is 0 Å². The van der Waals surface area contributed by atoms with Gasteiger partial charge in [0.25, 0.3) is 0 Å². The highest BCUT2D eigenvalue weighted by atomic mass is 13.9. The smallest absolute Gasteiger partial charge is 0.0164 e. The Morgan fingerprint density at radius 1 is 0.636 bits per heavy atom. The zero-order chi connectivity index (χ0) is 18.6. The highest BCUT2D eigenvalue weighted by Crippen LogP contribution is 2.03. The van der Waals surface area contributed by atoms with E-state index in [1.165, 1.54) is 22.3 Å². The third kappa shape index (κ3) is 50.9. The average molecular weight is 309 g/mol. The SMILES string of the molecule is C=C(C)CCC=C(C)C.CC.CC.CC(C)=CCC=C(C)C. The molecule has 0 amide bonds. The van der Waals surface area contributed by atoms with Crippen molar-refractivity contribution in [2.24, 2.45) is 0 Å². The Morgan fingerprint density at radius 2 is 0.955 bits per heavy atom. The molecule has 0 aromatic heterocycles. The van der Waals surface area contributed by atoms with Gasteiger partial charge in [-0.3, -0.25) is 0 Å². The lowest BCUT2D eigenvalue weighted by Gasteiger charge is -1.93. The predicted octanol–water partition coefficient (Wildman–Crippen LogP) is 8.67. The molecule has 0 N–H and O–H groups in total. The van der Waals surface area contributed by atoms with Gasteiger partial charge in [0.2, 0.25) is 0 Å². The molecule has 0 fully saturated rings. The molecule has 0 bridgehead atoms. The van der Waals surface area contributed by atoms with Crippen LogP contribution in [0.3, 0.4) is 0 Å². The third-order valence-electron chi connectivity index (χ3n) is 2.18. The second kappa shape index (κ2) is 24.9. The number of hydrogen-bond acceptors (Lipinski definition) is 0. The molecule has 0 radical (unpaired) electrons. The molecule has 0 saturated heterocycles. The van der Waals surface area contributed by atoms with E-state index in [4.69, 9.17) is 0 Å². The van der Waals surface area contributed by atoms with Crippen molar-refractivity contribution in [3.05, 3.63) is 47.1 Å². The first-order valence-electron chi connectivity index (χ1n) is 8.80. The summed E-state index contributed by atoms with van der Waals surface area (Å²) in [6.45, 7) is 26.6. The summed E-state index contributed by atoms with van der Waals surface area (Å²) in [5.41, 5.74) is 5.46. The number of hydrogen-bond donors (Lipinski definition) is 0. The van der Waals surface area contributed by atoms with Crippen LogP contribution in [0.4, 0.5) is 0 Å². The van der Waals surface area contributed by atoms with E-state index in [1.807, 2.05) is 27.7 Å². The monoisotopic (exact) mass is 308 g/mol. The Bertz CT molecular complexity index is 283. The predicted molar refractivity (Wildman–Crippen MR) is 110 cm³/mol. The van der Waals surface area contributed by atoms with Crippen molar-refractivity contribution < 1.29 is 0 Å². The van der Waals surface area contributed by atoms with Crippen LogP contribution in [0.5, 0.6) is 0 Å². The lowest BCUT2D eigenvalue weighted by molar-refractivity contribution is 0.972. The Kier molecular flexibility index (Phi) is 32.9. The van der Waals surface area contributed by atoms with Crippen LogP contribution < -0.4 is 0 Å². The molecule has 0 aromatic rings. The molecular formula is C22H44. The molecule has 0 nitrogen and oxygen atoms in total. The van der Waals surface area contributed by atoms with E-state index in [2.05, 4.69) is 73.3 Å². The molecule has 132 valence electrons. The fraction of sp³-hybridized carbons (Fsp3) is 0.636. The molecule has 0 aliphatic heterocycles. The van der Waals surface area contributed by atoms with Gasteiger partial charge in [0.1, 0.15) is 0 Å². The Morgan fingerprint density at radius 3 is 1.18 bits per heavy atom. The Hall–Kier alpha value is -1.04. The molecule has 0 saturated carbocycles. The van der Waals surface area contributed by atoms with Gasteiger partial charge in [-0.1, -0.05) is 68.2 Å². The van der Waals surface area contributed by atoms with E-state index in [9.17, 15) is 0 Å². The first-order chi connectivity index (χ1) is 10.3.